The number of aromatic hydroxyl groups is 1. The highest BCUT2D eigenvalue weighted by molar-refractivity contribution is 5.99. The van der Waals surface area contributed by atoms with Gasteiger partial charge in [0.25, 0.3) is 5.91 Å². The Hall–Kier alpha value is -3.75. The third-order valence-electron chi connectivity index (χ3n) is 6.66. The van der Waals surface area contributed by atoms with Crippen LogP contribution in [0.2, 0.25) is 0 Å². The first-order valence-electron chi connectivity index (χ1n) is 14.7. The first kappa shape index (κ1) is 34.5. The summed E-state index contributed by atoms with van der Waals surface area (Å²) in [5.74, 6) is 0.209. The van der Waals surface area contributed by atoms with Crippen LogP contribution in [0.15, 0.2) is 48.5 Å². The van der Waals surface area contributed by atoms with Gasteiger partial charge in [-0.3, -0.25) is 9.59 Å². The summed E-state index contributed by atoms with van der Waals surface area (Å²) in [4.78, 5) is 43.0. The van der Waals surface area contributed by atoms with Crippen LogP contribution in [-0.2, 0) is 14.3 Å². The molecule has 2 aromatic rings. The van der Waals surface area contributed by atoms with Crippen molar-refractivity contribution in [1.82, 2.24) is 10.2 Å². The number of anilines is 1. The van der Waals surface area contributed by atoms with E-state index in [4.69, 9.17) is 9.47 Å². The van der Waals surface area contributed by atoms with Crippen molar-refractivity contribution in [2.45, 2.75) is 98.4 Å². The molecule has 3 N–H and O–H groups in total. The Bertz CT molecular complexity index is 1170. The average Bonchev–Trinajstić information content (AvgIpc) is 2.88. The molecule has 0 bridgehead atoms. The van der Waals surface area contributed by atoms with Crippen LogP contribution in [0.4, 0.5) is 10.5 Å². The van der Waals surface area contributed by atoms with E-state index >= 15 is 0 Å². The van der Waals surface area contributed by atoms with Gasteiger partial charge in [0.1, 0.15) is 29.2 Å². The van der Waals surface area contributed by atoms with E-state index in [1.54, 1.807) is 69.2 Å². The summed E-state index contributed by atoms with van der Waals surface area (Å²) in [7, 11) is 1.56. The molecule has 2 aromatic carbocycles. The number of hydrogen-bond acceptors (Lipinski definition) is 6. The minimum Gasteiger partial charge on any atom is -0.508 e. The third-order valence-corrected chi connectivity index (χ3v) is 6.66. The van der Waals surface area contributed by atoms with Crippen LogP contribution >= 0.6 is 0 Å². The van der Waals surface area contributed by atoms with Crippen molar-refractivity contribution >= 4 is 23.6 Å². The van der Waals surface area contributed by atoms with Gasteiger partial charge in [-0.25, -0.2) is 4.79 Å². The van der Waals surface area contributed by atoms with Gasteiger partial charge >= 0.3 is 6.09 Å². The third kappa shape index (κ3) is 10.9. The van der Waals surface area contributed by atoms with Crippen LogP contribution in [0.5, 0.6) is 11.5 Å². The van der Waals surface area contributed by atoms with E-state index in [0.29, 0.717) is 35.8 Å². The number of alkyl carbamates (subject to hydrolysis) is 1. The van der Waals surface area contributed by atoms with Gasteiger partial charge in [0, 0.05) is 11.7 Å². The molecule has 9 nitrogen and oxygen atoms in total. The molecule has 0 fully saturated rings. The Morgan fingerprint density at radius 1 is 0.929 bits per heavy atom. The van der Waals surface area contributed by atoms with Crippen molar-refractivity contribution in [3.63, 3.8) is 0 Å². The molecule has 42 heavy (non-hydrogen) atoms. The SMILES string of the molecule is COc1ccc(NC(=O)C(c2cccc(O)c2)N(C(=O)C(CC(C)C)NC(=O)OC(C)(C)C)C(C)CCC(C)C)cc1. The summed E-state index contributed by atoms with van der Waals surface area (Å²) in [6.07, 6.45) is 1.10. The lowest BCUT2D eigenvalue weighted by Gasteiger charge is -2.39. The summed E-state index contributed by atoms with van der Waals surface area (Å²) in [5.41, 5.74) is 0.229. The van der Waals surface area contributed by atoms with E-state index < -0.39 is 35.6 Å². The summed E-state index contributed by atoms with van der Waals surface area (Å²) in [6, 6.07) is 10.9. The number of nitrogens with one attached hydrogen (secondary N) is 2. The Kier molecular flexibility index (Phi) is 12.7. The predicted molar refractivity (Wildman–Crippen MR) is 165 cm³/mol. The quantitative estimate of drug-likeness (QED) is 0.242. The van der Waals surface area contributed by atoms with Gasteiger partial charge in [0.05, 0.1) is 7.11 Å². The summed E-state index contributed by atoms with van der Waals surface area (Å²) in [6.45, 7) is 15.3. The van der Waals surface area contributed by atoms with Crippen molar-refractivity contribution < 1.29 is 29.0 Å². The minimum absolute atomic E-state index is 0.0254. The zero-order valence-corrected chi connectivity index (χ0v) is 26.6. The minimum atomic E-state index is -1.09. The second kappa shape index (κ2) is 15.5. The van der Waals surface area contributed by atoms with Crippen LogP contribution in [0.25, 0.3) is 0 Å². The Morgan fingerprint density at radius 3 is 2.10 bits per heavy atom. The van der Waals surface area contributed by atoms with E-state index in [9.17, 15) is 19.5 Å². The van der Waals surface area contributed by atoms with Crippen LogP contribution < -0.4 is 15.4 Å². The zero-order chi connectivity index (χ0) is 31.6. The van der Waals surface area contributed by atoms with E-state index in [1.807, 2.05) is 20.8 Å². The first-order valence-corrected chi connectivity index (χ1v) is 14.7. The molecule has 0 saturated heterocycles. The van der Waals surface area contributed by atoms with Crippen molar-refractivity contribution in [2.24, 2.45) is 11.8 Å². The molecule has 3 atom stereocenters. The number of benzene rings is 2. The topological polar surface area (TPSA) is 117 Å². The van der Waals surface area contributed by atoms with Gasteiger partial charge in [-0.2, -0.15) is 0 Å². The highest BCUT2D eigenvalue weighted by atomic mass is 16.6. The maximum Gasteiger partial charge on any atom is 0.408 e. The van der Waals surface area contributed by atoms with Crippen molar-refractivity contribution in [3.05, 3.63) is 54.1 Å². The fourth-order valence-corrected chi connectivity index (χ4v) is 4.65. The number of methoxy groups -OCH3 is 1. The smallest absolute Gasteiger partial charge is 0.408 e. The van der Waals surface area contributed by atoms with Crippen molar-refractivity contribution in [2.75, 3.05) is 12.4 Å². The lowest BCUT2D eigenvalue weighted by molar-refractivity contribution is -0.144. The van der Waals surface area contributed by atoms with Crippen molar-refractivity contribution in [3.8, 4) is 11.5 Å². The van der Waals surface area contributed by atoms with Gasteiger partial charge in [-0.15, -0.1) is 0 Å². The number of ether oxygens (including phenoxy) is 2. The van der Waals surface area contributed by atoms with Crippen LogP contribution in [-0.4, -0.2) is 52.7 Å². The predicted octanol–water partition coefficient (Wildman–Crippen LogP) is 6.67. The molecule has 9 heteroatoms. The molecule has 0 saturated carbocycles. The molecule has 0 aromatic heterocycles. The maximum atomic E-state index is 14.5. The monoisotopic (exact) mass is 583 g/mol. The lowest BCUT2D eigenvalue weighted by atomic mass is 9.95. The molecule has 2 rings (SSSR count). The second-order valence-corrected chi connectivity index (χ2v) is 12.6. The average molecular weight is 584 g/mol. The molecular formula is C33H49N3O6. The van der Waals surface area contributed by atoms with Gasteiger partial charge in [-0.05, 0) is 101 Å². The molecule has 3 amide bonds. The molecular weight excluding hydrogens is 534 g/mol. The number of nitrogens with zero attached hydrogens (tertiary/aromatic N) is 1. The highest BCUT2D eigenvalue weighted by Gasteiger charge is 2.39. The molecule has 0 aliphatic rings. The number of carbonyl (C=O) groups excluding carboxylic acids is 3. The Labute approximate surface area is 251 Å². The molecule has 3 unspecified atom stereocenters. The van der Waals surface area contributed by atoms with E-state index in [1.165, 1.54) is 12.1 Å². The summed E-state index contributed by atoms with van der Waals surface area (Å²) >= 11 is 0. The lowest BCUT2D eigenvalue weighted by Crippen LogP contribution is -2.55. The number of hydrogen-bond donors (Lipinski definition) is 3. The Morgan fingerprint density at radius 2 is 1.57 bits per heavy atom. The maximum absolute atomic E-state index is 14.5. The molecule has 0 spiro atoms. The van der Waals surface area contributed by atoms with Crippen molar-refractivity contribution in [1.29, 1.82) is 0 Å². The number of phenols is 1. The zero-order valence-electron chi connectivity index (χ0n) is 26.6. The number of carbonyl (C=O) groups is 3. The molecule has 0 aliphatic carbocycles. The molecule has 0 heterocycles. The number of phenolic OH excluding ortho intramolecular Hbond substituents is 1. The largest absolute Gasteiger partial charge is 0.508 e. The van der Waals surface area contributed by atoms with E-state index in [0.717, 1.165) is 6.42 Å². The fraction of sp³-hybridized carbons (Fsp3) is 0.545. The summed E-state index contributed by atoms with van der Waals surface area (Å²) < 4.78 is 10.7. The molecule has 0 aliphatic heterocycles. The number of amides is 3. The molecule has 0 radical (unpaired) electrons. The van der Waals surface area contributed by atoms with Gasteiger partial charge in [-0.1, -0.05) is 39.8 Å². The second-order valence-electron chi connectivity index (χ2n) is 12.6. The van der Waals surface area contributed by atoms with Gasteiger partial charge < -0.3 is 30.1 Å². The summed E-state index contributed by atoms with van der Waals surface area (Å²) in [5, 5.41) is 16.1. The van der Waals surface area contributed by atoms with Crippen LogP contribution in [0, 0.1) is 11.8 Å². The normalized spacial score (nSPS) is 13.7. The molecule has 232 valence electrons. The van der Waals surface area contributed by atoms with Gasteiger partial charge in [0.15, 0.2) is 0 Å². The van der Waals surface area contributed by atoms with E-state index in [-0.39, 0.29) is 17.7 Å². The highest BCUT2D eigenvalue weighted by Crippen LogP contribution is 2.31. The fourth-order valence-electron chi connectivity index (χ4n) is 4.65. The number of rotatable bonds is 13. The van der Waals surface area contributed by atoms with Crippen LogP contribution in [0.1, 0.15) is 86.3 Å². The first-order chi connectivity index (χ1) is 19.6. The Balaban J connectivity index is 2.61. The standard InChI is InChI=1S/C33H49N3O6/c1-21(2)13-14-23(5)36(31(39)28(19-22(3)4)35-32(40)42-33(6,7)8)29(24-11-10-12-26(37)20-24)30(38)34-25-15-17-27(41-9)18-16-25/h10-12,15-18,20-23,28-29,37H,13-14,19H2,1-9H3,(H,34,38)(H,35,40). The van der Waals surface area contributed by atoms with Crippen LogP contribution in [0.3, 0.4) is 0 Å². The van der Waals surface area contributed by atoms with Gasteiger partial charge in [0.2, 0.25) is 5.91 Å². The van der Waals surface area contributed by atoms with E-state index in [2.05, 4.69) is 24.5 Å².